The van der Waals surface area contributed by atoms with E-state index >= 15 is 0 Å². The van der Waals surface area contributed by atoms with Crippen LogP contribution in [0.5, 0.6) is 0 Å². The minimum atomic E-state index is -0.803. The Morgan fingerprint density at radius 2 is 2.30 bits per heavy atom. The highest BCUT2D eigenvalue weighted by molar-refractivity contribution is 5.78. The van der Waals surface area contributed by atoms with Crippen molar-refractivity contribution in [3.63, 3.8) is 0 Å². The Bertz CT molecular complexity index is 555. The first-order chi connectivity index (χ1) is 11.0. The van der Waals surface area contributed by atoms with Gasteiger partial charge in [0.25, 0.3) is 0 Å². The maximum atomic E-state index is 12.5. The number of hydrogen-bond acceptors (Lipinski definition) is 5. The van der Waals surface area contributed by atoms with Crippen LogP contribution in [0, 0.1) is 6.92 Å². The standard InChI is InChI=1S/C15H24N4O4/c1-12-7-17-19(8-12)9-14(21)18-4-5-23-15(10-18,11-22-3)6-13(20)16-2/h7-8H,4-6,9-11H2,1-3H3,(H,16,20)/t15-/m0/s1. The molecule has 2 heterocycles. The summed E-state index contributed by atoms with van der Waals surface area (Å²) in [6.45, 7) is 3.56. The normalized spacial score (nSPS) is 21.3. The molecule has 2 rings (SSSR count). The average molecular weight is 324 g/mol. The van der Waals surface area contributed by atoms with Crippen molar-refractivity contribution < 1.29 is 19.1 Å². The summed E-state index contributed by atoms with van der Waals surface area (Å²) in [5.74, 6) is -0.187. The quantitative estimate of drug-likeness (QED) is 0.767. The third kappa shape index (κ3) is 4.52. The zero-order valence-electron chi connectivity index (χ0n) is 13.9. The third-order valence-corrected chi connectivity index (χ3v) is 3.83. The predicted octanol–water partition coefficient (Wildman–Crippen LogP) is -0.428. The molecule has 1 N–H and O–H groups in total. The summed E-state index contributed by atoms with van der Waals surface area (Å²) in [7, 11) is 3.14. The second-order valence-electron chi connectivity index (χ2n) is 5.84. The van der Waals surface area contributed by atoms with Gasteiger partial charge in [0.05, 0.1) is 32.4 Å². The van der Waals surface area contributed by atoms with Crippen molar-refractivity contribution in [3.05, 3.63) is 18.0 Å². The number of carbonyl (C=O) groups is 2. The fourth-order valence-electron chi connectivity index (χ4n) is 2.74. The number of methoxy groups -OCH3 is 1. The SMILES string of the molecule is CNC(=O)C[C@@]1(COC)CN(C(=O)Cn2cc(C)cn2)CCO1. The van der Waals surface area contributed by atoms with Crippen molar-refractivity contribution in [2.24, 2.45) is 0 Å². The molecule has 0 aliphatic carbocycles. The molecular formula is C15H24N4O4. The number of rotatable bonds is 6. The molecule has 1 fully saturated rings. The third-order valence-electron chi connectivity index (χ3n) is 3.83. The van der Waals surface area contributed by atoms with E-state index in [4.69, 9.17) is 9.47 Å². The molecule has 1 aromatic heterocycles. The van der Waals surface area contributed by atoms with E-state index < -0.39 is 5.60 Å². The Morgan fingerprint density at radius 3 is 2.91 bits per heavy atom. The summed E-state index contributed by atoms with van der Waals surface area (Å²) in [6.07, 6.45) is 3.70. The topological polar surface area (TPSA) is 85.7 Å². The smallest absolute Gasteiger partial charge is 0.244 e. The van der Waals surface area contributed by atoms with Crippen molar-refractivity contribution in [2.45, 2.75) is 25.5 Å². The molecule has 0 bridgehead atoms. The Kier molecular flexibility index (Phi) is 5.73. The highest BCUT2D eigenvalue weighted by Gasteiger charge is 2.40. The summed E-state index contributed by atoms with van der Waals surface area (Å²) in [6, 6.07) is 0. The van der Waals surface area contributed by atoms with Crippen LogP contribution in [0.4, 0.5) is 0 Å². The van der Waals surface area contributed by atoms with Gasteiger partial charge in [-0.15, -0.1) is 0 Å². The van der Waals surface area contributed by atoms with Gasteiger partial charge in [0.2, 0.25) is 11.8 Å². The summed E-state index contributed by atoms with van der Waals surface area (Å²) < 4.78 is 12.6. The lowest BCUT2D eigenvalue weighted by Gasteiger charge is -2.42. The molecule has 8 heteroatoms. The summed E-state index contributed by atoms with van der Waals surface area (Å²) in [5, 5.41) is 6.72. The Hall–Kier alpha value is -1.93. The Balaban J connectivity index is 2.04. The van der Waals surface area contributed by atoms with Crippen molar-refractivity contribution in [2.75, 3.05) is 40.5 Å². The van der Waals surface area contributed by atoms with Crippen LogP contribution in [-0.4, -0.2) is 72.6 Å². The Labute approximate surface area is 135 Å². The van der Waals surface area contributed by atoms with Gasteiger partial charge in [0.15, 0.2) is 0 Å². The second kappa shape index (κ2) is 7.56. The van der Waals surface area contributed by atoms with Gasteiger partial charge in [-0.3, -0.25) is 14.3 Å². The van der Waals surface area contributed by atoms with E-state index in [1.54, 1.807) is 29.9 Å². The number of nitrogens with one attached hydrogen (secondary N) is 1. The van der Waals surface area contributed by atoms with Gasteiger partial charge in [0.1, 0.15) is 12.1 Å². The summed E-state index contributed by atoms with van der Waals surface area (Å²) in [5.41, 5.74) is 0.205. The van der Waals surface area contributed by atoms with E-state index in [2.05, 4.69) is 10.4 Å². The summed E-state index contributed by atoms with van der Waals surface area (Å²) in [4.78, 5) is 26.0. The number of aryl methyl sites for hydroxylation is 1. The van der Waals surface area contributed by atoms with E-state index in [-0.39, 0.29) is 31.4 Å². The average Bonchev–Trinajstić information content (AvgIpc) is 2.92. The second-order valence-corrected chi connectivity index (χ2v) is 5.84. The molecule has 1 atom stereocenters. The first-order valence-electron chi connectivity index (χ1n) is 7.58. The molecule has 1 aromatic rings. The molecule has 8 nitrogen and oxygen atoms in total. The number of morpholine rings is 1. The van der Waals surface area contributed by atoms with Crippen molar-refractivity contribution in [1.82, 2.24) is 20.0 Å². The van der Waals surface area contributed by atoms with E-state index in [1.807, 2.05) is 13.1 Å². The van der Waals surface area contributed by atoms with E-state index in [9.17, 15) is 9.59 Å². The van der Waals surface area contributed by atoms with Crippen molar-refractivity contribution in [3.8, 4) is 0 Å². The lowest BCUT2D eigenvalue weighted by Crippen LogP contribution is -2.57. The molecule has 1 aliphatic rings. The molecule has 23 heavy (non-hydrogen) atoms. The molecule has 0 unspecified atom stereocenters. The predicted molar refractivity (Wildman–Crippen MR) is 82.8 cm³/mol. The molecule has 0 radical (unpaired) electrons. The van der Waals surface area contributed by atoms with E-state index in [1.165, 1.54) is 0 Å². The summed E-state index contributed by atoms with van der Waals surface area (Å²) >= 11 is 0. The number of aromatic nitrogens is 2. The van der Waals surface area contributed by atoms with Crippen LogP contribution >= 0.6 is 0 Å². The van der Waals surface area contributed by atoms with Gasteiger partial charge in [-0.05, 0) is 12.5 Å². The molecule has 128 valence electrons. The fraction of sp³-hybridized carbons (Fsp3) is 0.667. The van der Waals surface area contributed by atoms with Crippen LogP contribution < -0.4 is 5.32 Å². The zero-order valence-corrected chi connectivity index (χ0v) is 13.9. The molecular weight excluding hydrogens is 300 g/mol. The molecule has 2 amide bonds. The molecule has 1 aliphatic heterocycles. The number of hydrogen-bond donors (Lipinski definition) is 1. The van der Waals surface area contributed by atoms with E-state index in [0.29, 0.717) is 19.7 Å². The van der Waals surface area contributed by atoms with Crippen molar-refractivity contribution in [1.29, 1.82) is 0 Å². The maximum Gasteiger partial charge on any atom is 0.244 e. The monoisotopic (exact) mass is 324 g/mol. The molecule has 0 aromatic carbocycles. The van der Waals surface area contributed by atoms with Gasteiger partial charge in [-0.25, -0.2) is 0 Å². The molecule has 1 saturated heterocycles. The van der Waals surface area contributed by atoms with Crippen LogP contribution in [0.3, 0.4) is 0 Å². The van der Waals surface area contributed by atoms with Gasteiger partial charge >= 0.3 is 0 Å². The highest BCUT2D eigenvalue weighted by atomic mass is 16.5. The number of ether oxygens (including phenoxy) is 2. The van der Waals surface area contributed by atoms with Crippen LogP contribution in [-0.2, 0) is 25.6 Å². The first-order valence-corrected chi connectivity index (χ1v) is 7.58. The lowest BCUT2D eigenvalue weighted by molar-refractivity contribution is -0.167. The van der Waals surface area contributed by atoms with Crippen LogP contribution in [0.25, 0.3) is 0 Å². The number of carbonyl (C=O) groups excluding carboxylic acids is 2. The Morgan fingerprint density at radius 1 is 1.52 bits per heavy atom. The highest BCUT2D eigenvalue weighted by Crippen LogP contribution is 2.23. The minimum absolute atomic E-state index is 0.0474. The van der Waals surface area contributed by atoms with Gasteiger partial charge in [0, 0.05) is 26.9 Å². The van der Waals surface area contributed by atoms with Gasteiger partial charge in [-0.2, -0.15) is 5.10 Å². The van der Waals surface area contributed by atoms with Gasteiger partial charge in [-0.1, -0.05) is 0 Å². The molecule has 0 saturated carbocycles. The van der Waals surface area contributed by atoms with E-state index in [0.717, 1.165) is 5.56 Å². The molecule has 0 spiro atoms. The minimum Gasteiger partial charge on any atom is -0.382 e. The zero-order chi connectivity index (χ0) is 16.9. The largest absolute Gasteiger partial charge is 0.382 e. The number of nitrogens with zero attached hydrogens (tertiary/aromatic N) is 3. The lowest BCUT2D eigenvalue weighted by atomic mass is 9.97. The van der Waals surface area contributed by atoms with Crippen LogP contribution in [0.1, 0.15) is 12.0 Å². The van der Waals surface area contributed by atoms with Crippen LogP contribution in [0.2, 0.25) is 0 Å². The fourth-order valence-corrected chi connectivity index (χ4v) is 2.74. The first kappa shape index (κ1) is 17.4. The number of amides is 2. The van der Waals surface area contributed by atoms with Gasteiger partial charge < -0.3 is 19.7 Å². The van der Waals surface area contributed by atoms with Crippen molar-refractivity contribution >= 4 is 11.8 Å². The van der Waals surface area contributed by atoms with Crippen LogP contribution in [0.15, 0.2) is 12.4 Å². The maximum absolute atomic E-state index is 12.5.